The molecule has 22 heavy (non-hydrogen) atoms. The molecule has 2 rings (SSSR count). The fraction of sp³-hybridized carbons (Fsp3) is 0.235. The number of hydrogen-bond acceptors (Lipinski definition) is 2. The van der Waals surface area contributed by atoms with Crippen molar-refractivity contribution in [2.45, 2.75) is 13.8 Å². The fourth-order valence-corrected chi connectivity index (χ4v) is 2.22. The molecule has 2 aromatic rings. The fourth-order valence-electron chi connectivity index (χ4n) is 2.22. The standard InChI is InChI=1S/C17H18F2N2O/c1-3-21(4-2)14-8-6-13(7-9-14)20-17(22)15-10-5-12(18)11-16(15)19/h5-11H,3-4H2,1-2H3,(H,20,22). The Kier molecular flexibility index (Phi) is 5.09. The van der Waals surface area contributed by atoms with Crippen LogP contribution in [0.2, 0.25) is 0 Å². The molecular formula is C17H18F2N2O. The number of anilines is 2. The summed E-state index contributed by atoms with van der Waals surface area (Å²) in [5.74, 6) is -2.19. The van der Waals surface area contributed by atoms with Crippen LogP contribution in [0, 0.1) is 11.6 Å². The summed E-state index contributed by atoms with van der Waals surface area (Å²) in [6, 6.07) is 10.2. The van der Waals surface area contributed by atoms with Crippen molar-refractivity contribution in [3.8, 4) is 0 Å². The van der Waals surface area contributed by atoms with E-state index < -0.39 is 17.5 Å². The van der Waals surface area contributed by atoms with Crippen LogP contribution in [-0.4, -0.2) is 19.0 Å². The molecule has 0 fully saturated rings. The zero-order chi connectivity index (χ0) is 16.1. The lowest BCUT2D eigenvalue weighted by molar-refractivity contribution is 0.102. The number of hydrogen-bond donors (Lipinski definition) is 1. The van der Waals surface area contributed by atoms with Gasteiger partial charge in [-0.3, -0.25) is 4.79 Å². The predicted octanol–water partition coefficient (Wildman–Crippen LogP) is 4.06. The summed E-state index contributed by atoms with van der Waals surface area (Å²) in [5.41, 5.74) is 1.43. The van der Waals surface area contributed by atoms with Gasteiger partial charge in [-0.2, -0.15) is 0 Å². The van der Waals surface area contributed by atoms with Crippen molar-refractivity contribution >= 4 is 17.3 Å². The summed E-state index contributed by atoms with van der Waals surface area (Å²) < 4.78 is 26.4. The highest BCUT2D eigenvalue weighted by Gasteiger charge is 2.12. The van der Waals surface area contributed by atoms with Gasteiger partial charge >= 0.3 is 0 Å². The predicted molar refractivity (Wildman–Crippen MR) is 84.3 cm³/mol. The van der Waals surface area contributed by atoms with Gasteiger partial charge < -0.3 is 10.2 Å². The molecule has 0 unspecified atom stereocenters. The summed E-state index contributed by atoms with van der Waals surface area (Å²) in [4.78, 5) is 14.2. The van der Waals surface area contributed by atoms with Crippen molar-refractivity contribution in [1.82, 2.24) is 0 Å². The SMILES string of the molecule is CCN(CC)c1ccc(NC(=O)c2ccc(F)cc2F)cc1. The lowest BCUT2D eigenvalue weighted by Crippen LogP contribution is -2.21. The summed E-state index contributed by atoms with van der Waals surface area (Å²) in [5, 5.41) is 2.60. The van der Waals surface area contributed by atoms with E-state index in [0.717, 1.165) is 30.9 Å². The van der Waals surface area contributed by atoms with E-state index in [4.69, 9.17) is 0 Å². The van der Waals surface area contributed by atoms with Gasteiger partial charge in [0, 0.05) is 30.5 Å². The minimum Gasteiger partial charge on any atom is -0.372 e. The Morgan fingerprint density at radius 1 is 1.05 bits per heavy atom. The number of rotatable bonds is 5. The van der Waals surface area contributed by atoms with E-state index >= 15 is 0 Å². The quantitative estimate of drug-likeness (QED) is 0.903. The van der Waals surface area contributed by atoms with Crippen LogP contribution >= 0.6 is 0 Å². The van der Waals surface area contributed by atoms with Crippen molar-refractivity contribution in [3.05, 3.63) is 59.7 Å². The second-order valence-corrected chi connectivity index (χ2v) is 4.80. The Labute approximate surface area is 128 Å². The van der Waals surface area contributed by atoms with E-state index in [9.17, 15) is 13.6 Å². The monoisotopic (exact) mass is 304 g/mol. The molecule has 0 atom stereocenters. The molecule has 0 aliphatic rings. The second kappa shape index (κ2) is 7.02. The number of amides is 1. The van der Waals surface area contributed by atoms with Gasteiger partial charge in [0.25, 0.3) is 5.91 Å². The van der Waals surface area contributed by atoms with Gasteiger partial charge in [-0.15, -0.1) is 0 Å². The van der Waals surface area contributed by atoms with Gasteiger partial charge in [-0.25, -0.2) is 8.78 Å². The number of benzene rings is 2. The Morgan fingerprint density at radius 3 is 2.23 bits per heavy atom. The maximum absolute atomic E-state index is 13.6. The Morgan fingerprint density at radius 2 is 1.68 bits per heavy atom. The molecule has 3 nitrogen and oxygen atoms in total. The zero-order valence-electron chi connectivity index (χ0n) is 12.6. The van der Waals surface area contributed by atoms with Crippen molar-refractivity contribution in [2.24, 2.45) is 0 Å². The van der Waals surface area contributed by atoms with Crippen LogP contribution in [0.4, 0.5) is 20.2 Å². The van der Waals surface area contributed by atoms with Crippen molar-refractivity contribution in [2.75, 3.05) is 23.3 Å². The van der Waals surface area contributed by atoms with Crippen LogP contribution in [0.3, 0.4) is 0 Å². The third kappa shape index (κ3) is 3.61. The van der Waals surface area contributed by atoms with E-state index in [1.54, 1.807) is 12.1 Å². The molecule has 0 aromatic heterocycles. The maximum Gasteiger partial charge on any atom is 0.258 e. The molecule has 0 radical (unpaired) electrons. The second-order valence-electron chi connectivity index (χ2n) is 4.80. The summed E-state index contributed by atoms with van der Waals surface area (Å²) >= 11 is 0. The van der Waals surface area contributed by atoms with Gasteiger partial charge in [-0.1, -0.05) is 0 Å². The van der Waals surface area contributed by atoms with Gasteiger partial charge in [0.1, 0.15) is 11.6 Å². The summed E-state index contributed by atoms with van der Waals surface area (Å²) in [6.07, 6.45) is 0. The number of nitrogens with one attached hydrogen (secondary N) is 1. The van der Waals surface area contributed by atoms with Crippen LogP contribution < -0.4 is 10.2 Å². The number of halogens is 2. The first kappa shape index (κ1) is 15.9. The summed E-state index contributed by atoms with van der Waals surface area (Å²) in [7, 11) is 0. The third-order valence-corrected chi connectivity index (χ3v) is 3.43. The highest BCUT2D eigenvalue weighted by molar-refractivity contribution is 6.04. The van der Waals surface area contributed by atoms with Crippen molar-refractivity contribution < 1.29 is 13.6 Å². The number of carbonyl (C=O) groups is 1. The Balaban J connectivity index is 2.12. The molecule has 0 heterocycles. The first-order valence-electron chi connectivity index (χ1n) is 7.16. The highest BCUT2D eigenvalue weighted by atomic mass is 19.1. The van der Waals surface area contributed by atoms with Gasteiger partial charge in [0.05, 0.1) is 5.56 Å². The first-order chi connectivity index (χ1) is 10.5. The molecule has 2 aromatic carbocycles. The lowest BCUT2D eigenvalue weighted by atomic mass is 10.2. The minimum atomic E-state index is -0.878. The van der Waals surface area contributed by atoms with E-state index in [1.807, 2.05) is 12.1 Å². The smallest absolute Gasteiger partial charge is 0.258 e. The van der Waals surface area contributed by atoms with Gasteiger partial charge in [0.15, 0.2) is 0 Å². The molecule has 0 saturated heterocycles. The largest absolute Gasteiger partial charge is 0.372 e. The minimum absolute atomic E-state index is 0.186. The molecule has 5 heteroatoms. The molecule has 1 N–H and O–H groups in total. The summed E-state index contributed by atoms with van der Waals surface area (Å²) in [6.45, 7) is 5.92. The molecule has 116 valence electrons. The average Bonchev–Trinajstić information content (AvgIpc) is 2.50. The Hall–Kier alpha value is -2.43. The molecule has 0 aliphatic heterocycles. The van der Waals surface area contributed by atoms with E-state index in [1.165, 1.54) is 0 Å². The maximum atomic E-state index is 13.6. The van der Waals surface area contributed by atoms with E-state index in [-0.39, 0.29) is 5.56 Å². The van der Waals surface area contributed by atoms with E-state index in [0.29, 0.717) is 11.8 Å². The van der Waals surface area contributed by atoms with Crippen LogP contribution in [0.5, 0.6) is 0 Å². The zero-order valence-corrected chi connectivity index (χ0v) is 12.6. The molecule has 0 aliphatic carbocycles. The highest BCUT2D eigenvalue weighted by Crippen LogP contribution is 2.19. The molecule has 0 saturated carbocycles. The lowest BCUT2D eigenvalue weighted by Gasteiger charge is -2.21. The van der Waals surface area contributed by atoms with Gasteiger partial charge in [0.2, 0.25) is 0 Å². The van der Waals surface area contributed by atoms with Crippen molar-refractivity contribution in [1.29, 1.82) is 0 Å². The molecule has 0 bridgehead atoms. The van der Waals surface area contributed by atoms with Gasteiger partial charge in [-0.05, 0) is 50.2 Å². The molecule has 0 spiro atoms. The topological polar surface area (TPSA) is 32.3 Å². The average molecular weight is 304 g/mol. The first-order valence-corrected chi connectivity index (χ1v) is 7.16. The van der Waals surface area contributed by atoms with Crippen LogP contribution in [0.25, 0.3) is 0 Å². The van der Waals surface area contributed by atoms with Crippen LogP contribution in [0.15, 0.2) is 42.5 Å². The number of nitrogens with zero attached hydrogens (tertiary/aromatic N) is 1. The third-order valence-electron chi connectivity index (χ3n) is 3.43. The molecular weight excluding hydrogens is 286 g/mol. The molecule has 1 amide bonds. The van der Waals surface area contributed by atoms with Crippen LogP contribution in [-0.2, 0) is 0 Å². The van der Waals surface area contributed by atoms with E-state index in [2.05, 4.69) is 24.1 Å². The van der Waals surface area contributed by atoms with Crippen LogP contribution in [0.1, 0.15) is 24.2 Å². The van der Waals surface area contributed by atoms with Crippen molar-refractivity contribution in [3.63, 3.8) is 0 Å². The number of carbonyl (C=O) groups excluding carboxylic acids is 1. The normalized spacial score (nSPS) is 10.4. The Bertz CT molecular complexity index is 652.